The van der Waals surface area contributed by atoms with Gasteiger partial charge in [-0.3, -0.25) is 9.97 Å². The summed E-state index contributed by atoms with van der Waals surface area (Å²) >= 11 is 0. The second-order valence-corrected chi connectivity index (χ2v) is 5.45. The van der Waals surface area contributed by atoms with E-state index < -0.39 is 0 Å². The fourth-order valence-electron chi connectivity index (χ4n) is 2.70. The highest BCUT2D eigenvalue weighted by Crippen LogP contribution is 2.25. The van der Waals surface area contributed by atoms with E-state index in [0.717, 1.165) is 41.4 Å². The molecule has 0 aliphatic carbocycles. The zero-order chi connectivity index (χ0) is 16.2. The van der Waals surface area contributed by atoms with Gasteiger partial charge in [0, 0.05) is 55.1 Å². The summed E-state index contributed by atoms with van der Waals surface area (Å²) in [7, 11) is 0. The average molecular weight is 316 g/mol. The molecule has 0 fully saturated rings. The molecule has 0 spiro atoms. The van der Waals surface area contributed by atoms with Gasteiger partial charge < -0.3 is 8.98 Å². The van der Waals surface area contributed by atoms with Crippen molar-refractivity contribution in [1.82, 2.24) is 19.5 Å². The topological polar surface area (TPSA) is 56.7 Å². The summed E-state index contributed by atoms with van der Waals surface area (Å²) in [4.78, 5) is 12.9. The van der Waals surface area contributed by atoms with Gasteiger partial charge >= 0.3 is 0 Å². The average Bonchev–Trinajstić information content (AvgIpc) is 3.33. The predicted molar refractivity (Wildman–Crippen MR) is 91.1 cm³/mol. The minimum Gasteiger partial charge on any atom is -0.464 e. The van der Waals surface area contributed by atoms with E-state index in [2.05, 4.69) is 31.7 Å². The summed E-state index contributed by atoms with van der Waals surface area (Å²) in [6, 6.07) is 12.1. The fraction of sp³-hybridized carbons (Fsp3) is 0.105. The van der Waals surface area contributed by atoms with Gasteiger partial charge in [0.15, 0.2) is 0 Å². The molecule has 5 nitrogen and oxygen atoms in total. The quantitative estimate of drug-likeness (QED) is 0.561. The molecule has 5 heteroatoms. The Morgan fingerprint density at radius 1 is 0.958 bits per heavy atom. The van der Waals surface area contributed by atoms with Crippen molar-refractivity contribution < 1.29 is 4.42 Å². The summed E-state index contributed by atoms with van der Waals surface area (Å²) in [6.07, 6.45) is 11.5. The van der Waals surface area contributed by atoms with Gasteiger partial charge in [0.25, 0.3) is 0 Å². The largest absolute Gasteiger partial charge is 0.464 e. The van der Waals surface area contributed by atoms with Crippen LogP contribution in [0.5, 0.6) is 0 Å². The van der Waals surface area contributed by atoms with Crippen molar-refractivity contribution in [3.63, 3.8) is 0 Å². The Morgan fingerprint density at radius 2 is 1.92 bits per heavy atom. The van der Waals surface area contributed by atoms with Crippen LogP contribution in [0.1, 0.15) is 5.69 Å². The molecule has 0 unspecified atom stereocenters. The first-order valence-electron chi connectivity index (χ1n) is 7.80. The first-order valence-corrected chi connectivity index (χ1v) is 7.80. The molecule has 3 heterocycles. The molecule has 0 radical (unpaired) electrons. The molecule has 0 aliphatic heterocycles. The Hall–Kier alpha value is -3.21. The molecule has 0 saturated carbocycles. The number of aromatic nitrogens is 4. The van der Waals surface area contributed by atoms with Gasteiger partial charge in [0.05, 0.1) is 12.0 Å². The monoisotopic (exact) mass is 316 g/mol. The molecule has 0 saturated heterocycles. The van der Waals surface area contributed by atoms with E-state index in [1.807, 2.05) is 36.7 Å². The summed E-state index contributed by atoms with van der Waals surface area (Å²) in [5, 5.41) is 0. The first kappa shape index (κ1) is 14.4. The Labute approximate surface area is 139 Å². The number of hydrogen-bond donors (Lipinski definition) is 0. The van der Waals surface area contributed by atoms with Gasteiger partial charge in [-0.25, -0.2) is 4.98 Å². The SMILES string of the molecule is c1cc(-c2ccco2)cc(-c2nccn2CCc2cnccn2)c1. The van der Waals surface area contributed by atoms with Crippen LogP contribution >= 0.6 is 0 Å². The second kappa shape index (κ2) is 6.50. The van der Waals surface area contributed by atoms with Crippen molar-refractivity contribution in [2.45, 2.75) is 13.0 Å². The number of imidazole rings is 1. The highest BCUT2D eigenvalue weighted by molar-refractivity contribution is 5.67. The Morgan fingerprint density at radius 3 is 2.75 bits per heavy atom. The van der Waals surface area contributed by atoms with Crippen LogP contribution in [0.3, 0.4) is 0 Å². The third kappa shape index (κ3) is 2.96. The Bertz CT molecular complexity index is 913. The maximum Gasteiger partial charge on any atom is 0.139 e. The van der Waals surface area contributed by atoms with E-state index in [-0.39, 0.29) is 0 Å². The number of aryl methyl sites for hydroxylation is 2. The number of hydrogen-bond acceptors (Lipinski definition) is 4. The van der Waals surface area contributed by atoms with Crippen molar-refractivity contribution in [1.29, 1.82) is 0 Å². The van der Waals surface area contributed by atoms with Crippen molar-refractivity contribution in [2.24, 2.45) is 0 Å². The molecular weight excluding hydrogens is 300 g/mol. The van der Waals surface area contributed by atoms with Crippen LogP contribution < -0.4 is 0 Å². The molecule has 0 bridgehead atoms. The van der Waals surface area contributed by atoms with E-state index in [1.165, 1.54) is 0 Å². The predicted octanol–water partition coefficient (Wildman–Crippen LogP) is 3.84. The molecule has 0 amide bonds. The first-order chi connectivity index (χ1) is 11.9. The fourth-order valence-corrected chi connectivity index (χ4v) is 2.70. The Balaban J connectivity index is 1.59. The van der Waals surface area contributed by atoms with Crippen molar-refractivity contribution in [3.05, 3.63) is 79.3 Å². The van der Waals surface area contributed by atoms with Crippen LogP contribution in [-0.4, -0.2) is 19.5 Å². The van der Waals surface area contributed by atoms with E-state index in [9.17, 15) is 0 Å². The van der Waals surface area contributed by atoms with Crippen LogP contribution in [0, 0.1) is 0 Å². The van der Waals surface area contributed by atoms with Gasteiger partial charge in [-0.15, -0.1) is 0 Å². The molecule has 24 heavy (non-hydrogen) atoms. The minimum atomic E-state index is 0.805. The lowest BCUT2D eigenvalue weighted by molar-refractivity contribution is 0.582. The maximum atomic E-state index is 5.49. The Kier molecular flexibility index (Phi) is 3.90. The van der Waals surface area contributed by atoms with Crippen molar-refractivity contribution in [3.8, 4) is 22.7 Å². The molecule has 1 aromatic carbocycles. The number of furan rings is 1. The van der Waals surface area contributed by atoms with Crippen LogP contribution in [0.25, 0.3) is 22.7 Å². The third-order valence-corrected chi connectivity index (χ3v) is 3.87. The van der Waals surface area contributed by atoms with E-state index >= 15 is 0 Å². The van der Waals surface area contributed by atoms with E-state index in [1.54, 1.807) is 24.9 Å². The minimum absolute atomic E-state index is 0.805. The molecule has 0 N–H and O–H groups in total. The molecule has 3 aromatic heterocycles. The summed E-state index contributed by atoms with van der Waals surface area (Å²) < 4.78 is 7.62. The van der Waals surface area contributed by atoms with Gasteiger partial charge in [-0.2, -0.15) is 0 Å². The van der Waals surface area contributed by atoms with E-state index in [0.29, 0.717) is 0 Å². The number of benzene rings is 1. The van der Waals surface area contributed by atoms with Crippen LogP contribution in [-0.2, 0) is 13.0 Å². The molecular formula is C19H16N4O. The standard InChI is InChI=1S/C19H16N4O/c1-3-15(18-5-2-12-24-18)13-16(4-1)19-22-9-11-23(19)10-6-17-14-20-7-8-21-17/h1-5,7-9,11-14H,6,10H2. The number of nitrogens with zero attached hydrogens (tertiary/aromatic N) is 4. The summed E-state index contributed by atoms with van der Waals surface area (Å²) in [6.45, 7) is 0.805. The molecule has 0 aliphatic rings. The van der Waals surface area contributed by atoms with Crippen LogP contribution in [0.15, 0.2) is 78.1 Å². The highest BCUT2D eigenvalue weighted by atomic mass is 16.3. The summed E-state index contributed by atoms with van der Waals surface area (Å²) in [5.74, 6) is 1.79. The second-order valence-electron chi connectivity index (χ2n) is 5.45. The lowest BCUT2D eigenvalue weighted by Gasteiger charge is -2.08. The van der Waals surface area contributed by atoms with Gasteiger partial charge in [-0.05, 0) is 18.2 Å². The van der Waals surface area contributed by atoms with Crippen LogP contribution in [0.4, 0.5) is 0 Å². The highest BCUT2D eigenvalue weighted by Gasteiger charge is 2.09. The molecule has 0 atom stereocenters. The molecule has 118 valence electrons. The maximum absolute atomic E-state index is 5.49. The van der Waals surface area contributed by atoms with Gasteiger partial charge in [-0.1, -0.05) is 18.2 Å². The van der Waals surface area contributed by atoms with Crippen molar-refractivity contribution in [2.75, 3.05) is 0 Å². The summed E-state index contributed by atoms with van der Waals surface area (Å²) in [5.41, 5.74) is 3.08. The normalized spacial score (nSPS) is 10.8. The molecule has 4 aromatic rings. The molecule has 4 rings (SSSR count). The van der Waals surface area contributed by atoms with Gasteiger partial charge in [0.1, 0.15) is 11.6 Å². The lowest BCUT2D eigenvalue weighted by atomic mass is 10.1. The number of rotatable bonds is 5. The van der Waals surface area contributed by atoms with Gasteiger partial charge in [0.2, 0.25) is 0 Å². The zero-order valence-electron chi connectivity index (χ0n) is 13.0. The zero-order valence-corrected chi connectivity index (χ0v) is 13.0. The van der Waals surface area contributed by atoms with Crippen molar-refractivity contribution >= 4 is 0 Å². The van der Waals surface area contributed by atoms with Crippen LogP contribution in [0.2, 0.25) is 0 Å². The smallest absolute Gasteiger partial charge is 0.139 e. The lowest BCUT2D eigenvalue weighted by Crippen LogP contribution is -2.04. The third-order valence-electron chi connectivity index (χ3n) is 3.87. The van der Waals surface area contributed by atoms with E-state index in [4.69, 9.17) is 4.42 Å².